The summed E-state index contributed by atoms with van der Waals surface area (Å²) < 4.78 is 0. The van der Waals surface area contributed by atoms with Crippen LogP contribution in [0.2, 0.25) is 10.0 Å². The Morgan fingerprint density at radius 3 is 2.59 bits per heavy atom. The molecule has 1 fully saturated rings. The summed E-state index contributed by atoms with van der Waals surface area (Å²) in [5.74, 6) is 0.180. The Labute approximate surface area is 241 Å². The van der Waals surface area contributed by atoms with E-state index in [0.29, 0.717) is 67.0 Å². The van der Waals surface area contributed by atoms with Gasteiger partial charge < -0.3 is 26.4 Å². The summed E-state index contributed by atoms with van der Waals surface area (Å²) in [6, 6.07) is 18.4. The highest BCUT2D eigenvalue weighted by atomic mass is 35.5. The number of fused-ring (bicyclic) bond motifs is 1. The molecular weight excluding hydrogens is 554 g/mol. The Hall–Kier alpha value is -2.90. The highest BCUT2D eigenvalue weighted by Crippen LogP contribution is 2.22. The molecule has 1 aliphatic rings. The molecule has 39 heavy (non-hydrogen) atoms. The lowest BCUT2D eigenvalue weighted by Crippen LogP contribution is -2.48. The summed E-state index contributed by atoms with van der Waals surface area (Å²) in [4.78, 5) is 32.6. The Morgan fingerprint density at radius 1 is 1.10 bits per heavy atom. The molecule has 4 rings (SSSR count). The average molecular weight is 587 g/mol. The van der Waals surface area contributed by atoms with E-state index in [1.54, 1.807) is 6.07 Å². The fourth-order valence-electron chi connectivity index (χ4n) is 4.72. The maximum atomic E-state index is 13.6. The maximum absolute atomic E-state index is 13.6. The van der Waals surface area contributed by atoms with E-state index < -0.39 is 6.04 Å². The molecule has 206 valence electrons. The van der Waals surface area contributed by atoms with Gasteiger partial charge in [0.15, 0.2) is 5.96 Å². The molecule has 1 saturated heterocycles. The van der Waals surface area contributed by atoms with E-state index in [-0.39, 0.29) is 17.9 Å². The molecule has 3 aromatic carbocycles. The number of carbonyl (C=O) groups is 2. The SMILES string of the molecule is NC(=NCCCC1NC(CNC(=O)c2ccc3ccccc3c2)CCN(Cc2cc(Cl)cc(Cl)c2)C1=O)NP. The van der Waals surface area contributed by atoms with Crippen LogP contribution in [0.25, 0.3) is 10.8 Å². The number of carbonyl (C=O) groups excluding carboxylic acids is 2. The summed E-state index contributed by atoms with van der Waals surface area (Å²) in [7, 11) is 2.31. The first-order valence-corrected chi connectivity index (χ1v) is 14.2. The van der Waals surface area contributed by atoms with E-state index in [1.807, 2.05) is 59.5 Å². The molecule has 11 heteroatoms. The summed E-state index contributed by atoms with van der Waals surface area (Å²) in [6.45, 7) is 1.82. The van der Waals surface area contributed by atoms with Crippen molar-refractivity contribution >= 4 is 61.1 Å². The molecule has 0 bridgehead atoms. The van der Waals surface area contributed by atoms with Crippen molar-refractivity contribution in [3.05, 3.63) is 81.8 Å². The number of hydrogen-bond donors (Lipinski definition) is 4. The zero-order chi connectivity index (χ0) is 27.8. The number of guanidine groups is 1. The van der Waals surface area contributed by atoms with Crippen LogP contribution < -0.4 is 21.5 Å². The molecule has 2 amide bonds. The maximum Gasteiger partial charge on any atom is 0.251 e. The molecule has 1 heterocycles. The van der Waals surface area contributed by atoms with Crippen LogP contribution in [-0.4, -0.2) is 54.4 Å². The molecule has 3 unspecified atom stereocenters. The number of nitrogens with zero attached hydrogens (tertiary/aromatic N) is 2. The van der Waals surface area contributed by atoms with Crippen LogP contribution in [0.1, 0.15) is 35.2 Å². The Morgan fingerprint density at radius 2 is 1.85 bits per heavy atom. The second kappa shape index (κ2) is 13.9. The van der Waals surface area contributed by atoms with Gasteiger partial charge >= 0.3 is 0 Å². The van der Waals surface area contributed by atoms with Gasteiger partial charge in [-0.05, 0) is 75.3 Å². The van der Waals surface area contributed by atoms with Crippen molar-refractivity contribution in [1.29, 1.82) is 0 Å². The second-order valence-corrected chi connectivity index (χ2v) is 10.7. The molecule has 0 aromatic heterocycles. The van der Waals surface area contributed by atoms with Crippen LogP contribution in [0.5, 0.6) is 0 Å². The van der Waals surface area contributed by atoms with Crippen molar-refractivity contribution < 1.29 is 9.59 Å². The second-order valence-electron chi connectivity index (χ2n) is 9.57. The van der Waals surface area contributed by atoms with E-state index in [9.17, 15) is 9.59 Å². The fraction of sp³-hybridized carbons (Fsp3) is 0.321. The van der Waals surface area contributed by atoms with E-state index >= 15 is 0 Å². The van der Waals surface area contributed by atoms with E-state index in [1.165, 1.54) is 0 Å². The molecule has 0 saturated carbocycles. The van der Waals surface area contributed by atoms with Crippen molar-refractivity contribution in [3.63, 3.8) is 0 Å². The first kappa shape index (κ1) is 29.1. The van der Waals surface area contributed by atoms with Gasteiger partial charge in [0.05, 0.1) is 6.04 Å². The third-order valence-electron chi connectivity index (χ3n) is 6.69. The highest BCUT2D eigenvalue weighted by Gasteiger charge is 2.31. The van der Waals surface area contributed by atoms with Crippen LogP contribution in [-0.2, 0) is 11.3 Å². The molecule has 0 aliphatic carbocycles. The van der Waals surface area contributed by atoms with Gasteiger partial charge in [-0.1, -0.05) is 53.5 Å². The molecule has 1 aliphatic heterocycles. The van der Waals surface area contributed by atoms with Crippen molar-refractivity contribution in [2.75, 3.05) is 19.6 Å². The van der Waals surface area contributed by atoms with Gasteiger partial charge in [-0.2, -0.15) is 0 Å². The number of aliphatic imine (C=N–C) groups is 1. The van der Waals surface area contributed by atoms with Crippen LogP contribution >= 0.6 is 32.6 Å². The highest BCUT2D eigenvalue weighted by molar-refractivity contribution is 7.15. The van der Waals surface area contributed by atoms with E-state index in [2.05, 4.69) is 30.1 Å². The van der Waals surface area contributed by atoms with E-state index in [0.717, 1.165) is 16.3 Å². The van der Waals surface area contributed by atoms with Gasteiger partial charge in [0.2, 0.25) is 5.91 Å². The molecule has 3 aromatic rings. The van der Waals surface area contributed by atoms with Crippen LogP contribution in [0, 0.1) is 0 Å². The average Bonchev–Trinajstić information content (AvgIpc) is 3.07. The van der Waals surface area contributed by atoms with E-state index in [4.69, 9.17) is 28.9 Å². The van der Waals surface area contributed by atoms with Gasteiger partial charge in [0.1, 0.15) is 0 Å². The van der Waals surface area contributed by atoms with Crippen LogP contribution in [0.4, 0.5) is 0 Å². The van der Waals surface area contributed by atoms with Crippen molar-refractivity contribution in [2.24, 2.45) is 10.7 Å². The Balaban J connectivity index is 1.43. The smallest absolute Gasteiger partial charge is 0.251 e. The normalized spacial score (nSPS) is 18.2. The fourth-order valence-corrected chi connectivity index (χ4v) is 5.38. The minimum atomic E-state index is -0.426. The van der Waals surface area contributed by atoms with Gasteiger partial charge in [0, 0.05) is 47.8 Å². The minimum absolute atomic E-state index is 0.00410. The first-order chi connectivity index (χ1) is 18.8. The largest absolute Gasteiger partial charge is 0.370 e. The first-order valence-electron chi connectivity index (χ1n) is 12.9. The molecular formula is C28H33Cl2N6O2P. The minimum Gasteiger partial charge on any atom is -0.370 e. The van der Waals surface area contributed by atoms with Crippen molar-refractivity contribution in [3.8, 4) is 0 Å². The number of amides is 2. The summed E-state index contributed by atoms with van der Waals surface area (Å²) in [5, 5.41) is 12.4. The van der Waals surface area contributed by atoms with Gasteiger partial charge in [-0.15, -0.1) is 0 Å². The number of benzene rings is 3. The zero-order valence-corrected chi connectivity index (χ0v) is 24.2. The number of nitrogens with two attached hydrogens (primary N) is 1. The number of nitrogens with one attached hydrogen (secondary N) is 3. The summed E-state index contributed by atoms with van der Waals surface area (Å²) >= 11 is 12.4. The molecule has 0 spiro atoms. The summed E-state index contributed by atoms with van der Waals surface area (Å²) in [5.41, 5.74) is 7.18. The lowest BCUT2D eigenvalue weighted by Gasteiger charge is -2.25. The molecule has 0 radical (unpaired) electrons. The Bertz CT molecular complexity index is 1330. The molecule has 3 atom stereocenters. The lowest BCUT2D eigenvalue weighted by atomic mass is 10.1. The lowest BCUT2D eigenvalue weighted by molar-refractivity contribution is -0.133. The van der Waals surface area contributed by atoms with Gasteiger partial charge in [-0.3, -0.25) is 14.6 Å². The van der Waals surface area contributed by atoms with Crippen LogP contribution in [0.15, 0.2) is 65.7 Å². The Kier molecular flexibility index (Phi) is 10.4. The standard InChI is InChI=1S/C28H33Cl2N6O2P/c29-22-12-18(13-23(30)15-22)17-36-11-9-24(34-25(27(36)38)6-3-10-32-28(31)35-39)16-33-26(37)21-8-7-19-4-1-2-5-20(19)14-21/h1-2,4-5,7-8,12-15,24-25,34H,3,6,9-11,16-17,39H2,(H,33,37)(H3,31,32,35). The number of rotatable bonds is 9. The molecule has 5 N–H and O–H groups in total. The summed E-state index contributed by atoms with van der Waals surface area (Å²) in [6.07, 6.45) is 1.93. The monoisotopic (exact) mass is 586 g/mol. The molecule has 8 nitrogen and oxygen atoms in total. The number of halogens is 2. The van der Waals surface area contributed by atoms with Gasteiger partial charge in [-0.25, -0.2) is 0 Å². The quantitative estimate of drug-likeness (QED) is 0.130. The predicted molar refractivity (Wildman–Crippen MR) is 162 cm³/mol. The third-order valence-corrected chi connectivity index (χ3v) is 7.42. The van der Waals surface area contributed by atoms with Gasteiger partial charge in [0.25, 0.3) is 5.91 Å². The number of hydrogen-bond acceptors (Lipinski definition) is 4. The van der Waals surface area contributed by atoms with Crippen LogP contribution in [0.3, 0.4) is 0 Å². The van der Waals surface area contributed by atoms with Crippen molar-refractivity contribution in [2.45, 2.75) is 37.9 Å². The van der Waals surface area contributed by atoms with Crippen molar-refractivity contribution in [1.82, 2.24) is 20.6 Å². The third kappa shape index (κ3) is 8.29. The zero-order valence-electron chi connectivity index (χ0n) is 21.5. The predicted octanol–water partition coefficient (Wildman–Crippen LogP) is 4.11. The topological polar surface area (TPSA) is 112 Å².